The van der Waals surface area contributed by atoms with Gasteiger partial charge in [-0.3, -0.25) is 0 Å². The fraction of sp³-hybridized carbons (Fsp3) is 0.375. The Hall–Kier alpha value is -1.03. The van der Waals surface area contributed by atoms with Crippen LogP contribution in [-0.4, -0.2) is 11.0 Å². The minimum absolute atomic E-state index is 0.0394. The van der Waals surface area contributed by atoms with Crippen molar-refractivity contribution >= 4 is 11.3 Å². The minimum Gasteiger partial charge on any atom is -0.467 e. The van der Waals surface area contributed by atoms with Gasteiger partial charge < -0.3 is 10.1 Å². The highest BCUT2D eigenvalue weighted by molar-refractivity contribution is 7.09. The summed E-state index contributed by atoms with van der Waals surface area (Å²) in [5.41, 5.74) is 0. The van der Waals surface area contributed by atoms with Crippen LogP contribution in [0.1, 0.15) is 18.0 Å². The lowest BCUT2D eigenvalue weighted by Gasteiger charge is -2.08. The van der Waals surface area contributed by atoms with Crippen molar-refractivity contribution < 1.29 is 4.74 Å². The Bertz CT molecular complexity index is 283. The van der Waals surface area contributed by atoms with Crippen molar-refractivity contribution in [2.45, 2.75) is 19.1 Å². The second kappa shape index (κ2) is 2.79. The van der Waals surface area contributed by atoms with Crippen molar-refractivity contribution in [3.8, 4) is 0 Å². The lowest BCUT2D eigenvalue weighted by atomic mass is 10.2. The third kappa shape index (κ3) is 1.18. The van der Waals surface area contributed by atoms with Crippen LogP contribution in [0, 0.1) is 0 Å². The van der Waals surface area contributed by atoms with Crippen LogP contribution in [0.2, 0.25) is 0 Å². The summed E-state index contributed by atoms with van der Waals surface area (Å²) in [5.74, 6) is 0.641. The van der Waals surface area contributed by atoms with Gasteiger partial charge in [0, 0.05) is 11.6 Å². The zero-order valence-corrected chi connectivity index (χ0v) is 7.60. The molecule has 0 aromatic carbocycles. The van der Waals surface area contributed by atoms with E-state index in [1.807, 2.05) is 5.38 Å². The Morgan fingerprint density at radius 3 is 3.08 bits per heavy atom. The molecule has 2 atom stereocenters. The van der Waals surface area contributed by atoms with E-state index in [4.69, 9.17) is 4.74 Å². The summed E-state index contributed by atoms with van der Waals surface area (Å²) in [6, 6.07) is 0.267. The highest BCUT2D eigenvalue weighted by Gasteiger charge is 2.30. The SMILES string of the molecule is C=C1N[C@@H](C)[C@@H](c2nccs2)O1. The highest BCUT2D eigenvalue weighted by Crippen LogP contribution is 2.29. The van der Waals surface area contributed by atoms with E-state index in [1.54, 1.807) is 17.5 Å². The van der Waals surface area contributed by atoms with Crippen molar-refractivity contribution in [2.75, 3.05) is 0 Å². The van der Waals surface area contributed by atoms with Crippen LogP contribution >= 0.6 is 11.3 Å². The van der Waals surface area contributed by atoms with Crippen LogP contribution < -0.4 is 5.32 Å². The lowest BCUT2D eigenvalue weighted by Crippen LogP contribution is -2.20. The van der Waals surface area contributed by atoms with E-state index in [-0.39, 0.29) is 12.1 Å². The summed E-state index contributed by atoms with van der Waals surface area (Å²) in [6.45, 7) is 5.77. The Labute approximate surface area is 75.1 Å². The number of aromatic nitrogens is 1. The van der Waals surface area contributed by atoms with E-state index in [2.05, 4.69) is 23.8 Å². The van der Waals surface area contributed by atoms with Crippen molar-refractivity contribution in [2.24, 2.45) is 0 Å². The zero-order chi connectivity index (χ0) is 8.55. The summed E-state index contributed by atoms with van der Waals surface area (Å²) in [5, 5.41) is 6.06. The van der Waals surface area contributed by atoms with Crippen LogP contribution in [0.25, 0.3) is 0 Å². The van der Waals surface area contributed by atoms with Gasteiger partial charge in [0.2, 0.25) is 0 Å². The fourth-order valence-electron chi connectivity index (χ4n) is 1.26. The van der Waals surface area contributed by atoms with Gasteiger partial charge >= 0.3 is 0 Å². The van der Waals surface area contributed by atoms with Crippen LogP contribution in [0.5, 0.6) is 0 Å². The minimum atomic E-state index is 0.0394. The molecule has 0 spiro atoms. The van der Waals surface area contributed by atoms with Crippen LogP contribution in [0.4, 0.5) is 0 Å². The second-order valence-corrected chi connectivity index (χ2v) is 3.69. The topological polar surface area (TPSA) is 34.2 Å². The number of thiazole rings is 1. The maximum Gasteiger partial charge on any atom is 0.180 e. The number of nitrogens with one attached hydrogen (secondary N) is 1. The summed E-state index contributed by atoms with van der Waals surface area (Å²) >= 11 is 1.61. The maximum absolute atomic E-state index is 5.46. The molecular formula is C8H10N2OS. The van der Waals surface area contributed by atoms with Crippen molar-refractivity contribution in [1.82, 2.24) is 10.3 Å². The maximum atomic E-state index is 5.46. The van der Waals surface area contributed by atoms with Gasteiger partial charge in [-0.15, -0.1) is 11.3 Å². The first-order valence-corrected chi connectivity index (χ1v) is 4.67. The molecule has 1 N–H and O–H groups in total. The van der Waals surface area contributed by atoms with Gasteiger partial charge in [0.1, 0.15) is 5.01 Å². The van der Waals surface area contributed by atoms with E-state index in [1.165, 1.54) is 0 Å². The number of rotatable bonds is 1. The summed E-state index contributed by atoms with van der Waals surface area (Å²) in [6.07, 6.45) is 1.83. The van der Waals surface area contributed by atoms with Gasteiger partial charge in [-0.25, -0.2) is 4.98 Å². The Morgan fingerprint density at radius 2 is 2.58 bits per heavy atom. The van der Waals surface area contributed by atoms with Gasteiger partial charge in [-0.1, -0.05) is 0 Å². The van der Waals surface area contributed by atoms with E-state index < -0.39 is 0 Å². The predicted molar refractivity (Wildman–Crippen MR) is 47.7 cm³/mol. The van der Waals surface area contributed by atoms with Gasteiger partial charge in [0.05, 0.1) is 6.04 Å². The average molecular weight is 182 g/mol. The second-order valence-electron chi connectivity index (χ2n) is 2.76. The van der Waals surface area contributed by atoms with Crippen LogP contribution in [0.3, 0.4) is 0 Å². The molecule has 0 radical (unpaired) electrons. The molecule has 2 rings (SSSR count). The molecule has 0 amide bonds. The Balaban J connectivity index is 2.20. The molecule has 64 valence electrons. The normalized spacial score (nSPS) is 28.2. The predicted octanol–water partition coefficient (Wildman–Crippen LogP) is 1.66. The van der Waals surface area contributed by atoms with Gasteiger partial charge in [0.15, 0.2) is 12.0 Å². The van der Waals surface area contributed by atoms with E-state index >= 15 is 0 Å². The molecule has 0 unspecified atom stereocenters. The molecule has 12 heavy (non-hydrogen) atoms. The van der Waals surface area contributed by atoms with Crippen LogP contribution in [0.15, 0.2) is 24.0 Å². The zero-order valence-electron chi connectivity index (χ0n) is 6.78. The van der Waals surface area contributed by atoms with Crippen molar-refractivity contribution in [3.05, 3.63) is 29.0 Å². The largest absolute Gasteiger partial charge is 0.467 e. The molecule has 2 heterocycles. The van der Waals surface area contributed by atoms with E-state index in [0.717, 1.165) is 5.01 Å². The molecule has 1 aliphatic heterocycles. The van der Waals surface area contributed by atoms with Gasteiger partial charge in [-0.2, -0.15) is 0 Å². The molecule has 0 saturated carbocycles. The molecule has 0 bridgehead atoms. The molecule has 3 nitrogen and oxygen atoms in total. The third-order valence-corrected chi connectivity index (χ3v) is 2.64. The van der Waals surface area contributed by atoms with Crippen molar-refractivity contribution in [3.63, 3.8) is 0 Å². The fourth-order valence-corrected chi connectivity index (χ4v) is 2.03. The average Bonchev–Trinajstić information content (AvgIpc) is 2.58. The molecule has 1 aromatic rings. The number of nitrogens with zero attached hydrogens (tertiary/aromatic N) is 1. The smallest absolute Gasteiger partial charge is 0.180 e. The summed E-state index contributed by atoms with van der Waals surface area (Å²) in [4.78, 5) is 4.20. The quantitative estimate of drug-likeness (QED) is 0.717. The first-order chi connectivity index (χ1) is 5.77. The molecule has 0 aliphatic carbocycles. The van der Waals surface area contributed by atoms with Crippen LogP contribution in [-0.2, 0) is 4.74 Å². The Morgan fingerprint density at radius 1 is 1.75 bits per heavy atom. The van der Waals surface area contributed by atoms with E-state index in [0.29, 0.717) is 5.88 Å². The third-order valence-electron chi connectivity index (χ3n) is 1.81. The monoisotopic (exact) mass is 182 g/mol. The molecule has 1 fully saturated rings. The molecular weight excluding hydrogens is 172 g/mol. The van der Waals surface area contributed by atoms with Gasteiger partial charge in [-0.05, 0) is 13.5 Å². The lowest BCUT2D eigenvalue weighted by molar-refractivity contribution is 0.155. The number of hydrogen-bond acceptors (Lipinski definition) is 4. The van der Waals surface area contributed by atoms with Gasteiger partial charge in [0.25, 0.3) is 0 Å². The number of ether oxygens (including phenoxy) is 1. The first-order valence-electron chi connectivity index (χ1n) is 3.79. The highest BCUT2D eigenvalue weighted by atomic mass is 32.1. The molecule has 1 saturated heterocycles. The summed E-state index contributed by atoms with van der Waals surface area (Å²) in [7, 11) is 0. The van der Waals surface area contributed by atoms with E-state index in [9.17, 15) is 0 Å². The standard InChI is InChI=1S/C8H10N2OS/c1-5-7(11-6(2)10-5)8-9-3-4-12-8/h3-5,7,10H,2H2,1H3/t5-,7-/m0/s1. The number of hydrogen-bond donors (Lipinski definition) is 1. The Kier molecular flexibility index (Phi) is 1.77. The summed E-state index contributed by atoms with van der Waals surface area (Å²) < 4.78 is 5.46. The molecule has 4 heteroatoms. The first kappa shape index (κ1) is 7.61. The molecule has 1 aromatic heterocycles. The van der Waals surface area contributed by atoms with Crippen molar-refractivity contribution in [1.29, 1.82) is 0 Å². The molecule has 1 aliphatic rings.